The highest BCUT2D eigenvalue weighted by atomic mass is 32.2. The lowest BCUT2D eigenvalue weighted by atomic mass is 9.88. The van der Waals surface area contributed by atoms with Crippen LogP contribution < -0.4 is 9.47 Å². The third-order valence-electron chi connectivity index (χ3n) is 3.00. The number of methoxy groups -OCH3 is 2. The molecule has 0 amide bonds. The van der Waals surface area contributed by atoms with Crippen LogP contribution in [0.4, 0.5) is 0 Å². The van der Waals surface area contributed by atoms with Crippen LogP contribution >= 0.6 is 11.8 Å². The van der Waals surface area contributed by atoms with E-state index in [-0.39, 0.29) is 11.7 Å². The Labute approximate surface area is 116 Å². The Balaban J connectivity index is 2.48. The summed E-state index contributed by atoms with van der Waals surface area (Å²) in [4.78, 5) is 20.2. The van der Waals surface area contributed by atoms with Gasteiger partial charge in [0.05, 0.1) is 19.8 Å². The standard InChI is InChI=1S/C13H16N2O3S/c1-17-11-10(8-5-4-6-9(16)7-8)12(18-2)15-13(14-11)19-3/h4,6,8H,5,7H2,1-3H3. The van der Waals surface area contributed by atoms with E-state index in [0.717, 1.165) is 12.0 Å². The Kier molecular flexibility index (Phi) is 4.42. The maximum atomic E-state index is 11.6. The first kappa shape index (κ1) is 13.9. The molecule has 0 fully saturated rings. The number of aromatic nitrogens is 2. The van der Waals surface area contributed by atoms with Crippen molar-refractivity contribution in [3.8, 4) is 11.8 Å². The van der Waals surface area contributed by atoms with E-state index in [0.29, 0.717) is 23.3 Å². The van der Waals surface area contributed by atoms with E-state index >= 15 is 0 Å². The Morgan fingerprint density at radius 3 is 2.37 bits per heavy atom. The van der Waals surface area contributed by atoms with Crippen LogP contribution in [0.3, 0.4) is 0 Å². The summed E-state index contributed by atoms with van der Waals surface area (Å²) in [6.07, 6.45) is 6.58. The number of nitrogens with zero attached hydrogens (tertiary/aromatic N) is 2. The van der Waals surface area contributed by atoms with Crippen LogP contribution in [0.15, 0.2) is 17.3 Å². The molecule has 2 rings (SSSR count). The minimum absolute atomic E-state index is 0.0123. The minimum atomic E-state index is 0.0123. The molecule has 0 radical (unpaired) electrons. The van der Waals surface area contributed by atoms with Gasteiger partial charge in [0.15, 0.2) is 10.9 Å². The minimum Gasteiger partial charge on any atom is -0.481 e. The molecule has 0 N–H and O–H groups in total. The molecule has 0 aliphatic heterocycles. The summed E-state index contributed by atoms with van der Waals surface area (Å²) in [6, 6.07) is 0. The van der Waals surface area contributed by atoms with Gasteiger partial charge in [-0.1, -0.05) is 17.8 Å². The Morgan fingerprint density at radius 2 is 1.89 bits per heavy atom. The molecule has 1 unspecified atom stereocenters. The highest BCUT2D eigenvalue weighted by Gasteiger charge is 2.27. The summed E-state index contributed by atoms with van der Waals surface area (Å²) in [5, 5.41) is 0.593. The van der Waals surface area contributed by atoms with Crippen LogP contribution in [0.2, 0.25) is 0 Å². The van der Waals surface area contributed by atoms with Crippen molar-refractivity contribution in [3.63, 3.8) is 0 Å². The van der Waals surface area contributed by atoms with Gasteiger partial charge in [-0.2, -0.15) is 9.97 Å². The largest absolute Gasteiger partial charge is 0.481 e. The lowest BCUT2D eigenvalue weighted by Gasteiger charge is -2.21. The lowest BCUT2D eigenvalue weighted by Crippen LogP contribution is -2.13. The van der Waals surface area contributed by atoms with Crippen LogP contribution in [0.5, 0.6) is 11.8 Å². The van der Waals surface area contributed by atoms with E-state index in [2.05, 4.69) is 9.97 Å². The average molecular weight is 280 g/mol. The zero-order valence-electron chi connectivity index (χ0n) is 11.2. The van der Waals surface area contributed by atoms with Crippen molar-refractivity contribution in [1.29, 1.82) is 0 Å². The molecular weight excluding hydrogens is 264 g/mol. The Hall–Kier alpha value is -1.56. The normalized spacial score (nSPS) is 18.5. The van der Waals surface area contributed by atoms with Crippen molar-refractivity contribution in [2.75, 3.05) is 20.5 Å². The van der Waals surface area contributed by atoms with E-state index in [1.165, 1.54) is 11.8 Å². The molecule has 1 aromatic heterocycles. The van der Waals surface area contributed by atoms with E-state index in [1.54, 1.807) is 20.3 Å². The first-order valence-corrected chi connectivity index (χ1v) is 7.15. The van der Waals surface area contributed by atoms with Crippen LogP contribution in [-0.4, -0.2) is 36.2 Å². The molecule has 5 nitrogen and oxygen atoms in total. The van der Waals surface area contributed by atoms with Crippen LogP contribution in [0, 0.1) is 0 Å². The number of thioether (sulfide) groups is 1. The van der Waals surface area contributed by atoms with E-state index in [1.807, 2.05) is 12.3 Å². The monoisotopic (exact) mass is 280 g/mol. The van der Waals surface area contributed by atoms with Gasteiger partial charge in [0, 0.05) is 12.3 Å². The zero-order chi connectivity index (χ0) is 13.8. The van der Waals surface area contributed by atoms with Crippen LogP contribution in [0.1, 0.15) is 24.3 Å². The Bertz CT molecular complexity index is 492. The molecule has 0 aromatic carbocycles. The summed E-state index contributed by atoms with van der Waals surface area (Å²) in [5.41, 5.74) is 0.778. The highest BCUT2D eigenvalue weighted by Crippen LogP contribution is 2.39. The topological polar surface area (TPSA) is 61.3 Å². The van der Waals surface area contributed by atoms with Gasteiger partial charge >= 0.3 is 0 Å². The molecule has 0 saturated heterocycles. The third kappa shape index (κ3) is 2.89. The zero-order valence-corrected chi connectivity index (χ0v) is 12.0. The summed E-state index contributed by atoms with van der Waals surface area (Å²) in [6.45, 7) is 0. The highest BCUT2D eigenvalue weighted by molar-refractivity contribution is 7.98. The molecule has 6 heteroatoms. The van der Waals surface area contributed by atoms with Gasteiger partial charge in [-0.3, -0.25) is 4.79 Å². The van der Waals surface area contributed by atoms with Crippen molar-refractivity contribution in [3.05, 3.63) is 17.7 Å². The van der Waals surface area contributed by atoms with Gasteiger partial charge in [-0.05, 0) is 18.8 Å². The molecule has 1 aliphatic rings. The summed E-state index contributed by atoms with van der Waals surface area (Å²) < 4.78 is 10.7. The van der Waals surface area contributed by atoms with Gasteiger partial charge in [-0.15, -0.1) is 0 Å². The van der Waals surface area contributed by atoms with Crippen LogP contribution in [-0.2, 0) is 4.79 Å². The number of ether oxygens (including phenoxy) is 2. The number of carbonyl (C=O) groups is 1. The van der Waals surface area contributed by atoms with Gasteiger partial charge in [0.2, 0.25) is 11.8 Å². The van der Waals surface area contributed by atoms with E-state index in [9.17, 15) is 4.79 Å². The number of ketones is 1. The fourth-order valence-corrected chi connectivity index (χ4v) is 2.49. The molecule has 1 heterocycles. The number of hydrogen-bond acceptors (Lipinski definition) is 6. The summed E-state index contributed by atoms with van der Waals surface area (Å²) in [7, 11) is 3.13. The van der Waals surface area contributed by atoms with Gasteiger partial charge in [-0.25, -0.2) is 0 Å². The fourth-order valence-electron chi connectivity index (χ4n) is 2.14. The predicted molar refractivity (Wildman–Crippen MR) is 73.0 cm³/mol. The van der Waals surface area contributed by atoms with E-state index < -0.39 is 0 Å². The van der Waals surface area contributed by atoms with Crippen molar-refractivity contribution >= 4 is 17.5 Å². The van der Waals surface area contributed by atoms with Crippen molar-refractivity contribution in [2.24, 2.45) is 0 Å². The molecule has 1 aliphatic carbocycles. The summed E-state index contributed by atoms with van der Waals surface area (Å²) in [5.74, 6) is 1.10. The second kappa shape index (κ2) is 6.06. The fraction of sp³-hybridized carbons (Fsp3) is 0.462. The average Bonchev–Trinajstić information content (AvgIpc) is 2.45. The SMILES string of the molecule is COc1nc(SC)nc(OC)c1C1CC=CC(=O)C1. The van der Waals surface area contributed by atoms with E-state index in [4.69, 9.17) is 9.47 Å². The molecule has 1 aromatic rings. The number of carbonyl (C=O) groups excluding carboxylic acids is 1. The quantitative estimate of drug-likeness (QED) is 0.622. The first-order valence-electron chi connectivity index (χ1n) is 5.92. The molecule has 102 valence electrons. The molecule has 1 atom stereocenters. The number of rotatable bonds is 4. The smallest absolute Gasteiger partial charge is 0.224 e. The number of hydrogen-bond donors (Lipinski definition) is 0. The van der Waals surface area contributed by atoms with Crippen molar-refractivity contribution < 1.29 is 14.3 Å². The molecule has 0 bridgehead atoms. The Morgan fingerprint density at radius 1 is 1.26 bits per heavy atom. The first-order chi connectivity index (χ1) is 9.19. The van der Waals surface area contributed by atoms with Gasteiger partial charge in [0.1, 0.15) is 0 Å². The molecule has 0 saturated carbocycles. The molecule has 0 spiro atoms. The predicted octanol–water partition coefficient (Wildman–Crippen LogP) is 2.22. The van der Waals surface area contributed by atoms with Crippen molar-refractivity contribution in [2.45, 2.75) is 23.9 Å². The van der Waals surface area contributed by atoms with Crippen molar-refractivity contribution in [1.82, 2.24) is 9.97 Å². The second-order valence-corrected chi connectivity index (χ2v) is 4.92. The summed E-state index contributed by atoms with van der Waals surface area (Å²) >= 11 is 1.42. The lowest BCUT2D eigenvalue weighted by molar-refractivity contribution is -0.115. The second-order valence-electron chi connectivity index (χ2n) is 4.15. The molecule has 19 heavy (non-hydrogen) atoms. The number of allylic oxidation sites excluding steroid dienone is 2. The van der Waals surface area contributed by atoms with Crippen LogP contribution in [0.25, 0.3) is 0 Å². The van der Waals surface area contributed by atoms with Gasteiger partial charge < -0.3 is 9.47 Å². The molecular formula is C13H16N2O3S. The maximum Gasteiger partial charge on any atom is 0.224 e. The van der Waals surface area contributed by atoms with Gasteiger partial charge in [0.25, 0.3) is 0 Å². The third-order valence-corrected chi connectivity index (χ3v) is 3.55. The maximum absolute atomic E-state index is 11.6.